The molecule has 1 aliphatic heterocycles. The maximum absolute atomic E-state index is 12.9. The van der Waals surface area contributed by atoms with Crippen molar-refractivity contribution in [3.63, 3.8) is 0 Å². The lowest BCUT2D eigenvalue weighted by atomic mass is 10.1. The van der Waals surface area contributed by atoms with E-state index in [9.17, 15) is 4.79 Å². The zero-order valence-electron chi connectivity index (χ0n) is 14.8. The number of aryl methyl sites for hydroxylation is 2. The Labute approximate surface area is 158 Å². The molecular formula is C20H24BrN3O. The normalized spacial score (nSPS) is 15.9. The fraction of sp³-hybridized carbons (Fsp3) is 0.400. The predicted molar refractivity (Wildman–Crippen MR) is 104 cm³/mol. The van der Waals surface area contributed by atoms with Crippen molar-refractivity contribution in [1.82, 2.24) is 14.8 Å². The third kappa shape index (κ3) is 4.47. The first kappa shape index (κ1) is 18.1. The SMILES string of the molecule is Cc1cccc(CN2CCCN(C(=O)c3cccc(C)c3Br)CC2)n1. The fourth-order valence-corrected chi connectivity index (χ4v) is 3.67. The van der Waals surface area contributed by atoms with Crippen LogP contribution in [0.5, 0.6) is 0 Å². The number of halogens is 1. The van der Waals surface area contributed by atoms with E-state index in [4.69, 9.17) is 0 Å². The van der Waals surface area contributed by atoms with Crippen LogP contribution in [0.15, 0.2) is 40.9 Å². The van der Waals surface area contributed by atoms with Crippen LogP contribution in [0, 0.1) is 13.8 Å². The summed E-state index contributed by atoms with van der Waals surface area (Å²) in [7, 11) is 0. The van der Waals surface area contributed by atoms with Gasteiger partial charge in [0.1, 0.15) is 0 Å². The van der Waals surface area contributed by atoms with Crippen molar-refractivity contribution >= 4 is 21.8 Å². The summed E-state index contributed by atoms with van der Waals surface area (Å²) in [5.41, 5.74) is 4.00. The Morgan fingerprint density at radius 3 is 2.68 bits per heavy atom. The lowest BCUT2D eigenvalue weighted by molar-refractivity contribution is 0.0760. The molecule has 0 saturated carbocycles. The topological polar surface area (TPSA) is 36.4 Å². The summed E-state index contributed by atoms with van der Waals surface area (Å²) in [4.78, 5) is 21.9. The number of carbonyl (C=O) groups is 1. The Morgan fingerprint density at radius 2 is 1.88 bits per heavy atom. The first-order chi connectivity index (χ1) is 12.0. The van der Waals surface area contributed by atoms with Gasteiger partial charge in [0.25, 0.3) is 5.91 Å². The third-order valence-electron chi connectivity index (χ3n) is 4.63. The lowest BCUT2D eigenvalue weighted by Crippen LogP contribution is -2.35. The van der Waals surface area contributed by atoms with E-state index in [0.717, 1.165) is 66.1 Å². The molecular weight excluding hydrogens is 378 g/mol. The molecule has 1 aromatic heterocycles. The summed E-state index contributed by atoms with van der Waals surface area (Å²) in [5, 5.41) is 0. The Bertz CT molecular complexity index is 762. The highest BCUT2D eigenvalue weighted by Gasteiger charge is 2.22. The molecule has 1 aliphatic rings. The van der Waals surface area contributed by atoms with Gasteiger partial charge >= 0.3 is 0 Å². The molecule has 1 amide bonds. The second kappa shape index (κ2) is 8.11. The molecule has 1 saturated heterocycles. The average Bonchev–Trinajstić information content (AvgIpc) is 2.82. The van der Waals surface area contributed by atoms with Crippen molar-refractivity contribution in [2.24, 2.45) is 0 Å². The lowest BCUT2D eigenvalue weighted by Gasteiger charge is -2.22. The molecule has 3 rings (SSSR count). The second-order valence-corrected chi connectivity index (χ2v) is 7.42. The highest BCUT2D eigenvalue weighted by molar-refractivity contribution is 9.10. The maximum atomic E-state index is 12.9. The van der Waals surface area contributed by atoms with Crippen LogP contribution >= 0.6 is 15.9 Å². The Kier molecular flexibility index (Phi) is 5.86. The fourth-order valence-electron chi connectivity index (χ4n) is 3.23. The van der Waals surface area contributed by atoms with Gasteiger partial charge in [-0.25, -0.2) is 0 Å². The summed E-state index contributed by atoms with van der Waals surface area (Å²) >= 11 is 3.56. The molecule has 5 heteroatoms. The van der Waals surface area contributed by atoms with Crippen LogP contribution in [0.25, 0.3) is 0 Å². The van der Waals surface area contributed by atoms with Gasteiger partial charge in [-0.3, -0.25) is 14.7 Å². The molecule has 2 heterocycles. The van der Waals surface area contributed by atoms with Crippen molar-refractivity contribution in [2.75, 3.05) is 26.2 Å². The van der Waals surface area contributed by atoms with Crippen LogP contribution in [-0.4, -0.2) is 46.9 Å². The standard InChI is InChI=1S/C20H24BrN3O/c1-15-6-3-9-18(19(15)21)20(25)24-11-5-10-23(12-13-24)14-17-8-4-7-16(2)22-17/h3-4,6-9H,5,10-14H2,1-2H3. The first-order valence-corrected chi connectivity index (χ1v) is 9.53. The van der Waals surface area contributed by atoms with Crippen molar-refractivity contribution in [3.8, 4) is 0 Å². The molecule has 0 aliphatic carbocycles. The smallest absolute Gasteiger partial charge is 0.255 e. The minimum Gasteiger partial charge on any atom is -0.337 e. The van der Waals surface area contributed by atoms with E-state index in [1.54, 1.807) is 0 Å². The van der Waals surface area contributed by atoms with Gasteiger partial charge in [-0.15, -0.1) is 0 Å². The van der Waals surface area contributed by atoms with Gasteiger partial charge in [-0.05, 0) is 60.0 Å². The van der Waals surface area contributed by atoms with Gasteiger partial charge in [0.05, 0.1) is 11.3 Å². The van der Waals surface area contributed by atoms with Crippen molar-refractivity contribution in [2.45, 2.75) is 26.8 Å². The van der Waals surface area contributed by atoms with Crippen LogP contribution in [0.4, 0.5) is 0 Å². The minimum atomic E-state index is 0.117. The second-order valence-electron chi connectivity index (χ2n) is 6.63. The van der Waals surface area contributed by atoms with Crippen LogP contribution in [0.3, 0.4) is 0 Å². The summed E-state index contributed by atoms with van der Waals surface area (Å²) in [6.45, 7) is 8.31. The largest absolute Gasteiger partial charge is 0.337 e. The van der Waals surface area contributed by atoms with E-state index in [1.807, 2.05) is 43.0 Å². The molecule has 0 unspecified atom stereocenters. The number of carbonyl (C=O) groups excluding carboxylic acids is 1. The van der Waals surface area contributed by atoms with Crippen molar-refractivity contribution < 1.29 is 4.79 Å². The van der Waals surface area contributed by atoms with E-state index in [0.29, 0.717) is 0 Å². The molecule has 0 spiro atoms. The van der Waals surface area contributed by atoms with Crippen LogP contribution in [-0.2, 0) is 6.54 Å². The monoisotopic (exact) mass is 401 g/mol. The van der Waals surface area contributed by atoms with E-state index in [2.05, 4.69) is 37.9 Å². The van der Waals surface area contributed by atoms with E-state index in [1.165, 1.54) is 0 Å². The number of hydrogen-bond donors (Lipinski definition) is 0. The maximum Gasteiger partial charge on any atom is 0.255 e. The summed E-state index contributed by atoms with van der Waals surface area (Å²) in [6.07, 6.45) is 0.987. The molecule has 1 fully saturated rings. The molecule has 0 bridgehead atoms. The number of benzene rings is 1. The number of nitrogens with zero attached hydrogens (tertiary/aromatic N) is 3. The first-order valence-electron chi connectivity index (χ1n) is 8.74. The number of amides is 1. The quantitative estimate of drug-likeness (QED) is 0.784. The number of hydrogen-bond acceptors (Lipinski definition) is 3. The summed E-state index contributed by atoms with van der Waals surface area (Å²) in [6, 6.07) is 12.0. The average molecular weight is 402 g/mol. The minimum absolute atomic E-state index is 0.117. The van der Waals surface area contributed by atoms with Crippen LogP contribution in [0.1, 0.15) is 33.7 Å². The van der Waals surface area contributed by atoms with E-state index in [-0.39, 0.29) is 5.91 Å². The Morgan fingerprint density at radius 1 is 1.08 bits per heavy atom. The molecule has 1 aromatic carbocycles. The molecule has 0 N–H and O–H groups in total. The Balaban J connectivity index is 1.65. The van der Waals surface area contributed by atoms with Crippen LogP contribution < -0.4 is 0 Å². The molecule has 2 aromatic rings. The Hall–Kier alpha value is -1.72. The van der Waals surface area contributed by atoms with Gasteiger partial charge in [-0.1, -0.05) is 18.2 Å². The molecule has 132 valence electrons. The molecule has 25 heavy (non-hydrogen) atoms. The van der Waals surface area contributed by atoms with Gasteiger partial charge in [0.2, 0.25) is 0 Å². The zero-order valence-corrected chi connectivity index (χ0v) is 16.4. The van der Waals surface area contributed by atoms with Gasteiger partial charge in [0.15, 0.2) is 0 Å². The highest BCUT2D eigenvalue weighted by Crippen LogP contribution is 2.23. The molecule has 4 nitrogen and oxygen atoms in total. The van der Waals surface area contributed by atoms with E-state index < -0.39 is 0 Å². The summed E-state index contributed by atoms with van der Waals surface area (Å²) in [5.74, 6) is 0.117. The number of pyridine rings is 1. The van der Waals surface area contributed by atoms with Gasteiger partial charge < -0.3 is 4.90 Å². The van der Waals surface area contributed by atoms with Crippen molar-refractivity contribution in [3.05, 3.63) is 63.4 Å². The zero-order chi connectivity index (χ0) is 17.8. The molecule has 0 atom stereocenters. The number of rotatable bonds is 3. The van der Waals surface area contributed by atoms with Crippen LogP contribution in [0.2, 0.25) is 0 Å². The van der Waals surface area contributed by atoms with Gasteiger partial charge in [0, 0.05) is 42.9 Å². The third-order valence-corrected chi connectivity index (χ3v) is 5.68. The predicted octanol–water partition coefficient (Wildman–Crippen LogP) is 3.81. The number of aromatic nitrogens is 1. The van der Waals surface area contributed by atoms with Crippen molar-refractivity contribution in [1.29, 1.82) is 0 Å². The molecule has 0 radical (unpaired) electrons. The summed E-state index contributed by atoms with van der Waals surface area (Å²) < 4.78 is 0.907. The van der Waals surface area contributed by atoms with Gasteiger partial charge in [-0.2, -0.15) is 0 Å². The highest BCUT2D eigenvalue weighted by atomic mass is 79.9. The van der Waals surface area contributed by atoms with E-state index >= 15 is 0 Å².